The standard InChI is InChI=1S/C26H24O3/c1-3-4-5-24(28)29-16-18-7-10-19(11-8-18)25-22-14-17(2)6-9-20(22)15-21-12-13-23(27)26(21)25/h3,6-11,14-15H,1,4-5,12-13,16H2,2H3. The third-order valence-electron chi connectivity index (χ3n) is 5.47. The Labute approximate surface area is 171 Å². The Morgan fingerprint density at radius 3 is 2.62 bits per heavy atom. The Kier molecular flexibility index (Phi) is 5.30. The Balaban J connectivity index is 1.69. The Morgan fingerprint density at radius 1 is 1.07 bits per heavy atom. The third-order valence-corrected chi connectivity index (χ3v) is 5.47. The lowest BCUT2D eigenvalue weighted by Gasteiger charge is -2.14. The van der Waals surface area contributed by atoms with E-state index in [1.165, 1.54) is 10.9 Å². The number of ketones is 1. The molecule has 0 unspecified atom stereocenters. The van der Waals surface area contributed by atoms with Crippen LogP contribution in [0.3, 0.4) is 0 Å². The highest BCUT2D eigenvalue weighted by Crippen LogP contribution is 2.39. The minimum atomic E-state index is -0.220. The molecule has 0 amide bonds. The number of benzene rings is 3. The summed E-state index contributed by atoms with van der Waals surface area (Å²) in [6, 6.07) is 16.5. The first-order chi connectivity index (χ1) is 14.1. The number of allylic oxidation sites excluding steroid dienone is 1. The van der Waals surface area contributed by atoms with E-state index in [4.69, 9.17) is 4.74 Å². The number of rotatable bonds is 6. The Morgan fingerprint density at radius 2 is 1.86 bits per heavy atom. The molecule has 0 bridgehead atoms. The van der Waals surface area contributed by atoms with Gasteiger partial charge in [0.25, 0.3) is 0 Å². The fourth-order valence-corrected chi connectivity index (χ4v) is 3.98. The summed E-state index contributed by atoms with van der Waals surface area (Å²) in [6.07, 6.45) is 4.07. The largest absolute Gasteiger partial charge is 0.461 e. The van der Waals surface area contributed by atoms with E-state index in [1.54, 1.807) is 6.08 Å². The van der Waals surface area contributed by atoms with Crippen molar-refractivity contribution in [2.75, 3.05) is 0 Å². The first-order valence-corrected chi connectivity index (χ1v) is 10.0. The predicted octanol–water partition coefficient (Wildman–Crippen LogP) is 5.95. The molecule has 0 atom stereocenters. The van der Waals surface area contributed by atoms with Crippen LogP contribution >= 0.6 is 0 Å². The molecule has 0 aliphatic heterocycles. The van der Waals surface area contributed by atoms with Gasteiger partial charge in [-0.2, -0.15) is 0 Å². The summed E-state index contributed by atoms with van der Waals surface area (Å²) in [5.74, 6) is 0.000512. The van der Waals surface area contributed by atoms with Crippen LogP contribution in [0.4, 0.5) is 0 Å². The highest BCUT2D eigenvalue weighted by atomic mass is 16.5. The molecule has 0 spiro atoms. The zero-order valence-electron chi connectivity index (χ0n) is 16.7. The van der Waals surface area contributed by atoms with Gasteiger partial charge < -0.3 is 4.74 Å². The van der Waals surface area contributed by atoms with Gasteiger partial charge in [-0.1, -0.05) is 60.2 Å². The first kappa shape index (κ1) is 19.1. The SMILES string of the molecule is C=CCCC(=O)OCc1ccc(-c2c3c(cc4ccc(C)cc24)CCC3=O)cc1. The molecule has 3 aromatic rings. The monoisotopic (exact) mass is 384 g/mol. The molecule has 0 radical (unpaired) electrons. The molecule has 3 nitrogen and oxygen atoms in total. The van der Waals surface area contributed by atoms with E-state index >= 15 is 0 Å². The van der Waals surface area contributed by atoms with E-state index in [1.807, 2.05) is 24.3 Å². The minimum Gasteiger partial charge on any atom is -0.461 e. The zero-order chi connectivity index (χ0) is 20.4. The van der Waals surface area contributed by atoms with E-state index in [0.717, 1.165) is 39.6 Å². The fraction of sp³-hybridized carbons (Fsp3) is 0.231. The van der Waals surface area contributed by atoms with Crippen LogP contribution in [0.25, 0.3) is 21.9 Å². The molecular weight excluding hydrogens is 360 g/mol. The van der Waals surface area contributed by atoms with Crippen molar-refractivity contribution in [2.24, 2.45) is 0 Å². The third kappa shape index (κ3) is 3.86. The van der Waals surface area contributed by atoms with Crippen LogP contribution in [0.15, 0.2) is 61.2 Å². The molecule has 3 aromatic carbocycles. The van der Waals surface area contributed by atoms with Crippen molar-refractivity contribution in [3.05, 3.63) is 83.4 Å². The number of hydrogen-bond acceptors (Lipinski definition) is 3. The van der Waals surface area contributed by atoms with Crippen molar-refractivity contribution in [1.82, 2.24) is 0 Å². The summed E-state index contributed by atoms with van der Waals surface area (Å²) in [7, 11) is 0. The second-order valence-electron chi connectivity index (χ2n) is 7.62. The van der Waals surface area contributed by atoms with Crippen LogP contribution in [0.2, 0.25) is 0 Å². The molecule has 0 aromatic heterocycles. The molecule has 4 rings (SSSR count). The lowest BCUT2D eigenvalue weighted by atomic mass is 9.89. The van der Waals surface area contributed by atoms with Crippen molar-refractivity contribution in [2.45, 2.75) is 39.2 Å². The van der Waals surface area contributed by atoms with Gasteiger partial charge in [0.15, 0.2) is 5.78 Å². The molecule has 0 fully saturated rings. The maximum Gasteiger partial charge on any atom is 0.306 e. The van der Waals surface area contributed by atoms with Gasteiger partial charge in [-0.3, -0.25) is 9.59 Å². The summed E-state index contributed by atoms with van der Waals surface area (Å²) >= 11 is 0. The molecule has 146 valence electrons. The second-order valence-corrected chi connectivity index (χ2v) is 7.62. The molecule has 0 N–H and O–H groups in total. The molecular formula is C26H24O3. The van der Waals surface area contributed by atoms with Gasteiger partial charge in [0, 0.05) is 24.0 Å². The summed E-state index contributed by atoms with van der Waals surface area (Å²) in [4.78, 5) is 24.4. The highest BCUT2D eigenvalue weighted by Gasteiger charge is 2.25. The van der Waals surface area contributed by atoms with Crippen molar-refractivity contribution in [1.29, 1.82) is 0 Å². The van der Waals surface area contributed by atoms with E-state index in [0.29, 0.717) is 19.3 Å². The molecule has 3 heteroatoms. The van der Waals surface area contributed by atoms with Crippen LogP contribution in [-0.2, 0) is 22.6 Å². The van der Waals surface area contributed by atoms with E-state index in [9.17, 15) is 9.59 Å². The number of carbonyl (C=O) groups is 2. The smallest absolute Gasteiger partial charge is 0.306 e. The lowest BCUT2D eigenvalue weighted by molar-refractivity contribution is -0.144. The van der Waals surface area contributed by atoms with Crippen LogP contribution in [0.1, 0.15) is 46.3 Å². The van der Waals surface area contributed by atoms with Gasteiger partial charge in [-0.25, -0.2) is 0 Å². The van der Waals surface area contributed by atoms with Crippen molar-refractivity contribution in [3.63, 3.8) is 0 Å². The number of hydrogen-bond donors (Lipinski definition) is 0. The number of Topliss-reactive ketones (excluding diaryl/α,β-unsaturated/α-hetero) is 1. The Bertz CT molecular complexity index is 1110. The normalized spacial score (nSPS) is 12.8. The highest BCUT2D eigenvalue weighted by molar-refractivity contribution is 6.13. The summed E-state index contributed by atoms with van der Waals surface area (Å²) in [5, 5.41) is 2.28. The van der Waals surface area contributed by atoms with Crippen molar-refractivity contribution >= 4 is 22.5 Å². The topological polar surface area (TPSA) is 43.4 Å². The zero-order valence-corrected chi connectivity index (χ0v) is 16.7. The van der Waals surface area contributed by atoms with E-state index in [-0.39, 0.29) is 18.4 Å². The molecule has 1 aliphatic rings. The molecule has 1 aliphatic carbocycles. The van der Waals surface area contributed by atoms with Crippen molar-refractivity contribution in [3.8, 4) is 11.1 Å². The van der Waals surface area contributed by atoms with Gasteiger partial charge >= 0.3 is 5.97 Å². The number of ether oxygens (including phenoxy) is 1. The van der Waals surface area contributed by atoms with Gasteiger partial charge in [-0.15, -0.1) is 6.58 Å². The first-order valence-electron chi connectivity index (χ1n) is 10.0. The maximum absolute atomic E-state index is 12.7. The summed E-state index contributed by atoms with van der Waals surface area (Å²) in [5.41, 5.74) is 6.16. The number of esters is 1. The predicted molar refractivity (Wildman–Crippen MR) is 116 cm³/mol. The fourth-order valence-electron chi connectivity index (χ4n) is 3.98. The lowest BCUT2D eigenvalue weighted by Crippen LogP contribution is -2.03. The van der Waals surface area contributed by atoms with E-state index in [2.05, 4.69) is 37.8 Å². The molecule has 29 heavy (non-hydrogen) atoms. The number of fused-ring (bicyclic) bond motifs is 2. The van der Waals surface area contributed by atoms with Gasteiger partial charge in [-0.05, 0) is 47.2 Å². The van der Waals surface area contributed by atoms with Gasteiger partial charge in [0.2, 0.25) is 0 Å². The summed E-state index contributed by atoms with van der Waals surface area (Å²) < 4.78 is 5.31. The summed E-state index contributed by atoms with van der Waals surface area (Å²) in [6.45, 7) is 5.94. The van der Waals surface area contributed by atoms with Gasteiger partial charge in [0.05, 0.1) is 0 Å². The van der Waals surface area contributed by atoms with Gasteiger partial charge in [0.1, 0.15) is 6.61 Å². The maximum atomic E-state index is 12.7. The average Bonchev–Trinajstić information content (AvgIpc) is 3.10. The quantitative estimate of drug-likeness (QED) is 0.389. The van der Waals surface area contributed by atoms with Crippen LogP contribution in [-0.4, -0.2) is 11.8 Å². The van der Waals surface area contributed by atoms with Crippen molar-refractivity contribution < 1.29 is 14.3 Å². The number of aryl methyl sites for hydroxylation is 2. The van der Waals surface area contributed by atoms with Crippen LogP contribution in [0.5, 0.6) is 0 Å². The minimum absolute atomic E-state index is 0.220. The van der Waals surface area contributed by atoms with Crippen LogP contribution < -0.4 is 0 Å². The average molecular weight is 384 g/mol. The Hall–Kier alpha value is -3.20. The molecule has 0 heterocycles. The molecule has 0 saturated carbocycles. The van der Waals surface area contributed by atoms with Crippen LogP contribution in [0, 0.1) is 6.92 Å². The molecule has 0 saturated heterocycles. The van der Waals surface area contributed by atoms with E-state index < -0.39 is 0 Å². The second kappa shape index (κ2) is 8.04. The number of carbonyl (C=O) groups excluding carboxylic acids is 2.